The minimum absolute atomic E-state index is 0.00540. The minimum atomic E-state index is -1.18. The molecule has 0 spiro atoms. The van der Waals surface area contributed by atoms with Crippen LogP contribution in [0.4, 0.5) is 0 Å². The summed E-state index contributed by atoms with van der Waals surface area (Å²) in [5.74, 6) is -0.00540. The van der Waals surface area contributed by atoms with Crippen LogP contribution in [0.5, 0.6) is 0 Å². The van der Waals surface area contributed by atoms with Crippen molar-refractivity contribution in [3.63, 3.8) is 0 Å². The number of halogens is 3. The molecule has 0 saturated heterocycles. The fourth-order valence-electron chi connectivity index (χ4n) is 0.641. The number of aliphatic hydroxyl groups is 1. The summed E-state index contributed by atoms with van der Waals surface area (Å²) < 4.78 is -1.18. The topological polar surface area (TPSA) is 20.2 Å². The van der Waals surface area contributed by atoms with Gasteiger partial charge in [-0.15, -0.1) is 11.6 Å². The molecular formula is C6H5Cl3O. The molecule has 4 heteroatoms. The SMILES string of the molecule is OC1=CC=CC(Cl)(Cl)C1Cl. The molecule has 1 N–H and O–H groups in total. The van der Waals surface area contributed by atoms with Crippen LogP contribution < -0.4 is 0 Å². The highest BCUT2D eigenvalue weighted by Crippen LogP contribution is 2.36. The van der Waals surface area contributed by atoms with Crippen LogP contribution in [-0.4, -0.2) is 14.8 Å². The summed E-state index contributed by atoms with van der Waals surface area (Å²) >= 11 is 17.0. The Kier molecular flexibility index (Phi) is 2.18. The Hall–Kier alpha value is 0.150. The Morgan fingerprint density at radius 2 is 2.10 bits per heavy atom. The van der Waals surface area contributed by atoms with Crippen molar-refractivity contribution in [2.24, 2.45) is 0 Å². The molecule has 10 heavy (non-hydrogen) atoms. The standard InChI is InChI=1S/C6H5Cl3O/c7-5-4(10)2-1-3-6(5,8)9/h1-3,5,10H. The monoisotopic (exact) mass is 198 g/mol. The van der Waals surface area contributed by atoms with Crippen LogP contribution in [0, 0.1) is 0 Å². The van der Waals surface area contributed by atoms with Crippen molar-refractivity contribution >= 4 is 34.8 Å². The second-order valence-corrected chi connectivity index (χ2v) is 3.87. The number of hydrogen-bond donors (Lipinski definition) is 1. The molecule has 1 aliphatic carbocycles. The number of allylic oxidation sites excluding steroid dienone is 4. The largest absolute Gasteiger partial charge is 0.511 e. The van der Waals surface area contributed by atoms with E-state index in [4.69, 9.17) is 39.9 Å². The van der Waals surface area contributed by atoms with Gasteiger partial charge in [0.25, 0.3) is 0 Å². The fraction of sp³-hybridized carbons (Fsp3) is 0.333. The van der Waals surface area contributed by atoms with Crippen molar-refractivity contribution in [3.8, 4) is 0 Å². The number of rotatable bonds is 0. The maximum Gasteiger partial charge on any atom is 0.159 e. The first-order chi connectivity index (χ1) is 4.54. The van der Waals surface area contributed by atoms with Gasteiger partial charge in [0.05, 0.1) is 0 Å². The highest BCUT2D eigenvalue weighted by atomic mass is 35.5. The Balaban J connectivity index is 2.89. The van der Waals surface area contributed by atoms with E-state index < -0.39 is 9.71 Å². The number of alkyl halides is 3. The highest BCUT2D eigenvalue weighted by Gasteiger charge is 2.35. The lowest BCUT2D eigenvalue weighted by atomic mass is 10.1. The van der Waals surface area contributed by atoms with Crippen LogP contribution in [0.2, 0.25) is 0 Å². The zero-order chi connectivity index (χ0) is 7.78. The summed E-state index contributed by atoms with van der Waals surface area (Å²) in [4.78, 5) is 0. The summed E-state index contributed by atoms with van der Waals surface area (Å²) in [5.41, 5.74) is 0. The summed E-state index contributed by atoms with van der Waals surface area (Å²) in [7, 11) is 0. The Morgan fingerprint density at radius 1 is 1.50 bits per heavy atom. The molecule has 0 radical (unpaired) electrons. The van der Waals surface area contributed by atoms with Crippen molar-refractivity contribution in [1.29, 1.82) is 0 Å². The third-order valence-electron chi connectivity index (χ3n) is 1.18. The van der Waals surface area contributed by atoms with Gasteiger partial charge in [0.2, 0.25) is 0 Å². The van der Waals surface area contributed by atoms with Gasteiger partial charge >= 0.3 is 0 Å². The number of hydrogen-bond acceptors (Lipinski definition) is 1. The summed E-state index contributed by atoms with van der Waals surface area (Å²) in [6, 6.07) is 0. The molecule has 1 unspecified atom stereocenters. The molecule has 0 aromatic rings. The summed E-state index contributed by atoms with van der Waals surface area (Å²) in [6.45, 7) is 0. The summed E-state index contributed by atoms with van der Waals surface area (Å²) in [6.07, 6.45) is 4.54. The zero-order valence-electron chi connectivity index (χ0n) is 4.89. The van der Waals surface area contributed by atoms with Gasteiger partial charge in [-0.1, -0.05) is 29.3 Å². The molecule has 56 valence electrons. The zero-order valence-corrected chi connectivity index (χ0v) is 7.16. The van der Waals surface area contributed by atoms with Crippen molar-refractivity contribution in [2.45, 2.75) is 9.71 Å². The lowest BCUT2D eigenvalue weighted by Crippen LogP contribution is -2.27. The molecule has 0 aromatic heterocycles. The van der Waals surface area contributed by atoms with Crippen LogP contribution in [0.3, 0.4) is 0 Å². The number of aliphatic hydroxyl groups excluding tert-OH is 1. The van der Waals surface area contributed by atoms with Gasteiger partial charge < -0.3 is 5.11 Å². The van der Waals surface area contributed by atoms with Gasteiger partial charge in [0.15, 0.2) is 4.33 Å². The molecule has 0 heterocycles. The molecule has 1 nitrogen and oxygen atoms in total. The third-order valence-corrected chi connectivity index (χ3v) is 2.66. The molecular weight excluding hydrogens is 194 g/mol. The van der Waals surface area contributed by atoms with Crippen molar-refractivity contribution < 1.29 is 5.11 Å². The maximum atomic E-state index is 9.02. The van der Waals surface area contributed by atoms with Gasteiger partial charge in [0.1, 0.15) is 11.1 Å². The van der Waals surface area contributed by atoms with Crippen molar-refractivity contribution in [2.75, 3.05) is 0 Å². The van der Waals surface area contributed by atoms with Crippen LogP contribution in [0.25, 0.3) is 0 Å². The fourth-order valence-corrected chi connectivity index (χ4v) is 1.16. The predicted molar refractivity (Wildman–Crippen MR) is 43.9 cm³/mol. The van der Waals surface area contributed by atoms with E-state index in [2.05, 4.69) is 0 Å². The van der Waals surface area contributed by atoms with E-state index in [0.29, 0.717) is 0 Å². The van der Waals surface area contributed by atoms with E-state index in [1.54, 1.807) is 6.08 Å². The molecule has 0 aromatic carbocycles. The average Bonchev–Trinajstić information content (AvgIpc) is 1.83. The second kappa shape index (κ2) is 2.65. The lowest BCUT2D eigenvalue weighted by molar-refractivity contribution is 0.387. The van der Waals surface area contributed by atoms with Crippen LogP contribution in [0.15, 0.2) is 24.0 Å². The van der Waals surface area contributed by atoms with Crippen molar-refractivity contribution in [3.05, 3.63) is 24.0 Å². The molecule has 0 saturated carbocycles. The highest BCUT2D eigenvalue weighted by molar-refractivity contribution is 6.54. The first kappa shape index (κ1) is 8.25. The van der Waals surface area contributed by atoms with Gasteiger partial charge in [-0.3, -0.25) is 0 Å². The third kappa shape index (κ3) is 1.42. The molecule has 0 fully saturated rings. The van der Waals surface area contributed by atoms with Gasteiger partial charge in [0, 0.05) is 0 Å². The minimum Gasteiger partial charge on any atom is -0.511 e. The van der Waals surface area contributed by atoms with E-state index >= 15 is 0 Å². The Labute approximate surface area is 73.9 Å². The molecule has 0 amide bonds. The average molecular weight is 199 g/mol. The Bertz CT molecular complexity index is 195. The molecule has 1 atom stereocenters. The van der Waals surface area contributed by atoms with E-state index in [9.17, 15) is 0 Å². The van der Waals surface area contributed by atoms with Gasteiger partial charge in [-0.2, -0.15) is 0 Å². The van der Waals surface area contributed by atoms with E-state index in [1.807, 2.05) is 0 Å². The maximum absolute atomic E-state index is 9.02. The van der Waals surface area contributed by atoms with Crippen LogP contribution in [0.1, 0.15) is 0 Å². The smallest absolute Gasteiger partial charge is 0.159 e. The predicted octanol–water partition coefficient (Wildman–Crippen LogP) is 2.78. The normalized spacial score (nSPS) is 29.9. The van der Waals surface area contributed by atoms with Gasteiger partial charge in [-0.05, 0) is 12.2 Å². The summed E-state index contributed by atoms with van der Waals surface area (Å²) in [5, 5.41) is 8.27. The van der Waals surface area contributed by atoms with E-state index in [0.717, 1.165) is 0 Å². The first-order valence-electron chi connectivity index (χ1n) is 2.64. The molecule has 0 bridgehead atoms. The van der Waals surface area contributed by atoms with Gasteiger partial charge in [-0.25, -0.2) is 0 Å². The van der Waals surface area contributed by atoms with Crippen LogP contribution >= 0.6 is 34.8 Å². The molecule has 1 rings (SSSR count). The quantitative estimate of drug-likeness (QED) is 0.595. The first-order valence-corrected chi connectivity index (χ1v) is 3.83. The molecule has 1 aliphatic rings. The second-order valence-electron chi connectivity index (χ2n) is 1.99. The molecule has 0 aliphatic heterocycles. The lowest BCUT2D eigenvalue weighted by Gasteiger charge is -2.23. The Morgan fingerprint density at radius 3 is 2.50 bits per heavy atom. The van der Waals surface area contributed by atoms with E-state index in [-0.39, 0.29) is 5.76 Å². The van der Waals surface area contributed by atoms with Crippen LogP contribution in [-0.2, 0) is 0 Å². The van der Waals surface area contributed by atoms with E-state index in [1.165, 1.54) is 12.2 Å². The van der Waals surface area contributed by atoms with Crippen molar-refractivity contribution in [1.82, 2.24) is 0 Å².